The van der Waals surface area contributed by atoms with Crippen LogP contribution in [0.3, 0.4) is 0 Å². The van der Waals surface area contributed by atoms with E-state index in [1.54, 1.807) is 0 Å². The molecule has 1 saturated heterocycles. The molecule has 0 spiro atoms. The molecular formula is C11H16N4O4. The van der Waals surface area contributed by atoms with Crippen molar-refractivity contribution in [3.63, 3.8) is 0 Å². The molecule has 2 heterocycles. The van der Waals surface area contributed by atoms with Crippen molar-refractivity contribution in [1.82, 2.24) is 15.1 Å². The van der Waals surface area contributed by atoms with Gasteiger partial charge in [0.1, 0.15) is 6.20 Å². The monoisotopic (exact) mass is 268 g/mol. The summed E-state index contributed by atoms with van der Waals surface area (Å²) in [7, 11) is 1.54. The minimum absolute atomic E-state index is 0.0354. The normalized spacial score (nSPS) is 20.2. The van der Waals surface area contributed by atoms with Gasteiger partial charge in [-0.3, -0.25) is 19.6 Å². The summed E-state index contributed by atoms with van der Waals surface area (Å²) >= 11 is 0. The Hall–Kier alpha value is -1.96. The molecule has 0 aromatic carbocycles. The van der Waals surface area contributed by atoms with Crippen molar-refractivity contribution in [2.24, 2.45) is 7.05 Å². The molecule has 8 nitrogen and oxygen atoms in total. The third kappa shape index (κ3) is 2.90. The number of hydrogen-bond acceptors (Lipinski definition) is 5. The number of hydrogen-bond donors (Lipinski definition) is 1. The molecular weight excluding hydrogens is 252 g/mol. The van der Waals surface area contributed by atoms with E-state index in [1.807, 2.05) is 6.92 Å². The average molecular weight is 268 g/mol. The SMILES string of the molecule is C[C@@H](NC(=O)c1nn(C)cc1[N+](=O)[O-])[C@H]1CCCO1. The van der Waals surface area contributed by atoms with Gasteiger partial charge in [0, 0.05) is 13.7 Å². The van der Waals surface area contributed by atoms with Gasteiger partial charge in [-0.15, -0.1) is 0 Å². The predicted molar refractivity (Wildman–Crippen MR) is 65.8 cm³/mol. The molecule has 8 heteroatoms. The standard InChI is InChI=1S/C11H16N4O4/c1-7(9-4-3-5-19-9)12-11(16)10-8(15(17)18)6-14(2)13-10/h6-7,9H,3-5H2,1-2H3,(H,12,16)/t7-,9-/m1/s1. The number of nitrogens with zero attached hydrogens (tertiary/aromatic N) is 3. The van der Waals surface area contributed by atoms with E-state index in [4.69, 9.17) is 4.74 Å². The summed E-state index contributed by atoms with van der Waals surface area (Å²) in [5.41, 5.74) is -0.461. The lowest BCUT2D eigenvalue weighted by Crippen LogP contribution is -2.41. The van der Waals surface area contributed by atoms with Crippen LogP contribution in [0.4, 0.5) is 5.69 Å². The Kier molecular flexibility index (Phi) is 3.79. The van der Waals surface area contributed by atoms with Gasteiger partial charge < -0.3 is 10.1 Å². The molecule has 1 aliphatic rings. The molecule has 104 valence electrons. The van der Waals surface area contributed by atoms with Crippen LogP contribution < -0.4 is 5.32 Å². The summed E-state index contributed by atoms with van der Waals surface area (Å²) in [4.78, 5) is 22.2. The van der Waals surface area contributed by atoms with Crippen molar-refractivity contribution >= 4 is 11.6 Å². The second-order valence-corrected chi connectivity index (χ2v) is 4.61. The average Bonchev–Trinajstić information content (AvgIpc) is 2.96. The molecule has 0 radical (unpaired) electrons. The van der Waals surface area contributed by atoms with Crippen molar-refractivity contribution < 1.29 is 14.5 Å². The first kappa shape index (κ1) is 13.5. The highest BCUT2D eigenvalue weighted by atomic mass is 16.6. The van der Waals surface area contributed by atoms with Gasteiger partial charge in [0.2, 0.25) is 5.69 Å². The van der Waals surface area contributed by atoms with Crippen molar-refractivity contribution in [2.45, 2.75) is 31.9 Å². The summed E-state index contributed by atoms with van der Waals surface area (Å²) in [6.07, 6.45) is 3.03. The zero-order valence-corrected chi connectivity index (χ0v) is 10.8. The van der Waals surface area contributed by atoms with Crippen LogP contribution in [0.25, 0.3) is 0 Å². The van der Waals surface area contributed by atoms with Gasteiger partial charge in [0.25, 0.3) is 5.91 Å². The third-order valence-electron chi connectivity index (χ3n) is 3.10. The second-order valence-electron chi connectivity index (χ2n) is 4.61. The molecule has 0 bridgehead atoms. The Bertz CT molecular complexity index is 493. The molecule has 1 aromatic rings. The van der Waals surface area contributed by atoms with E-state index in [-0.39, 0.29) is 23.5 Å². The van der Waals surface area contributed by atoms with E-state index in [0.717, 1.165) is 12.8 Å². The fourth-order valence-electron chi connectivity index (χ4n) is 2.14. The number of aromatic nitrogens is 2. The van der Waals surface area contributed by atoms with Gasteiger partial charge in [-0.1, -0.05) is 0 Å². The van der Waals surface area contributed by atoms with Crippen LogP contribution in [0.2, 0.25) is 0 Å². The van der Waals surface area contributed by atoms with Gasteiger partial charge >= 0.3 is 5.69 Å². The maximum Gasteiger partial charge on any atom is 0.320 e. The van der Waals surface area contributed by atoms with E-state index in [9.17, 15) is 14.9 Å². The molecule has 1 amide bonds. The number of nitro groups is 1. The molecule has 1 aromatic heterocycles. The molecule has 1 fully saturated rings. The number of nitrogens with one attached hydrogen (secondary N) is 1. The topological polar surface area (TPSA) is 99.3 Å². The highest BCUT2D eigenvalue weighted by Gasteiger charge is 2.29. The number of ether oxygens (including phenoxy) is 1. The van der Waals surface area contributed by atoms with Crippen molar-refractivity contribution in [3.8, 4) is 0 Å². The van der Waals surface area contributed by atoms with Gasteiger partial charge in [-0.05, 0) is 19.8 Å². The summed E-state index contributed by atoms with van der Waals surface area (Å²) in [6, 6.07) is -0.198. The Labute approximate surface area is 109 Å². The number of carbonyl (C=O) groups excluding carboxylic acids is 1. The lowest BCUT2D eigenvalue weighted by Gasteiger charge is -2.19. The molecule has 1 N–H and O–H groups in total. The van der Waals surface area contributed by atoms with Crippen molar-refractivity contribution in [1.29, 1.82) is 0 Å². The largest absolute Gasteiger partial charge is 0.376 e. The fourth-order valence-corrected chi connectivity index (χ4v) is 2.14. The van der Waals surface area contributed by atoms with Gasteiger partial charge in [-0.25, -0.2) is 0 Å². The Balaban J connectivity index is 2.09. The molecule has 0 saturated carbocycles. The van der Waals surface area contributed by atoms with Gasteiger partial charge in [0.15, 0.2) is 0 Å². The van der Waals surface area contributed by atoms with Crippen LogP contribution in [-0.4, -0.2) is 39.4 Å². The van der Waals surface area contributed by atoms with Crippen LogP contribution in [-0.2, 0) is 11.8 Å². The molecule has 0 unspecified atom stereocenters. The smallest absolute Gasteiger partial charge is 0.320 e. The first-order valence-corrected chi connectivity index (χ1v) is 6.09. The number of carbonyl (C=O) groups is 1. The Morgan fingerprint density at radius 3 is 3.05 bits per heavy atom. The van der Waals surface area contributed by atoms with E-state index in [0.29, 0.717) is 6.61 Å². The highest BCUT2D eigenvalue weighted by Crippen LogP contribution is 2.18. The number of amides is 1. The Morgan fingerprint density at radius 2 is 2.47 bits per heavy atom. The van der Waals surface area contributed by atoms with Crippen molar-refractivity contribution in [2.75, 3.05) is 6.61 Å². The van der Waals surface area contributed by atoms with E-state index in [2.05, 4.69) is 10.4 Å². The van der Waals surface area contributed by atoms with Crippen LogP contribution >= 0.6 is 0 Å². The lowest BCUT2D eigenvalue weighted by molar-refractivity contribution is -0.385. The maximum atomic E-state index is 12.0. The summed E-state index contributed by atoms with van der Waals surface area (Å²) in [6.45, 7) is 2.51. The fraction of sp³-hybridized carbons (Fsp3) is 0.636. The van der Waals surface area contributed by atoms with Crippen LogP contribution in [0.15, 0.2) is 6.20 Å². The highest BCUT2D eigenvalue weighted by molar-refractivity contribution is 5.96. The Morgan fingerprint density at radius 1 is 1.74 bits per heavy atom. The van der Waals surface area contributed by atoms with Gasteiger partial charge in [-0.2, -0.15) is 5.10 Å². The molecule has 2 rings (SSSR count). The lowest BCUT2D eigenvalue weighted by atomic mass is 10.1. The quantitative estimate of drug-likeness (QED) is 0.637. The van der Waals surface area contributed by atoms with E-state index in [1.165, 1.54) is 17.9 Å². The van der Waals surface area contributed by atoms with E-state index < -0.39 is 10.8 Å². The zero-order valence-electron chi connectivity index (χ0n) is 10.8. The number of rotatable bonds is 4. The van der Waals surface area contributed by atoms with Crippen LogP contribution in [0.5, 0.6) is 0 Å². The van der Waals surface area contributed by atoms with Crippen LogP contribution in [0.1, 0.15) is 30.3 Å². The number of aryl methyl sites for hydroxylation is 1. The molecule has 1 aliphatic heterocycles. The maximum absolute atomic E-state index is 12.0. The molecule has 19 heavy (non-hydrogen) atoms. The first-order valence-electron chi connectivity index (χ1n) is 6.09. The van der Waals surface area contributed by atoms with Crippen molar-refractivity contribution in [3.05, 3.63) is 22.0 Å². The zero-order chi connectivity index (χ0) is 14.0. The van der Waals surface area contributed by atoms with E-state index >= 15 is 0 Å². The summed E-state index contributed by atoms with van der Waals surface area (Å²) in [5, 5.41) is 17.4. The minimum atomic E-state index is -0.612. The summed E-state index contributed by atoms with van der Waals surface area (Å²) < 4.78 is 6.71. The predicted octanol–water partition coefficient (Wildman–Crippen LogP) is 0.626. The molecule has 0 aliphatic carbocycles. The minimum Gasteiger partial charge on any atom is -0.376 e. The third-order valence-corrected chi connectivity index (χ3v) is 3.10. The molecule has 2 atom stereocenters. The first-order chi connectivity index (χ1) is 8.99. The van der Waals surface area contributed by atoms with Gasteiger partial charge in [0.05, 0.1) is 17.1 Å². The van der Waals surface area contributed by atoms with Crippen LogP contribution in [0, 0.1) is 10.1 Å². The second kappa shape index (κ2) is 5.35. The summed E-state index contributed by atoms with van der Waals surface area (Å²) in [5.74, 6) is -0.546.